The molecule has 0 saturated carbocycles. The molecule has 1 amide bonds. The molecule has 4 rings (SSSR count). The number of benzene rings is 3. The Kier molecular flexibility index (Phi) is 6.27. The Morgan fingerprint density at radius 3 is 2.17 bits per heavy atom. The first-order valence-electron chi connectivity index (χ1n) is 10.4. The number of hydrogen-bond acceptors (Lipinski definition) is 7. The van der Waals surface area contributed by atoms with E-state index in [4.69, 9.17) is 5.73 Å². The van der Waals surface area contributed by atoms with Gasteiger partial charge in [0.25, 0.3) is 5.91 Å². The second-order valence-corrected chi connectivity index (χ2v) is 9.50. The normalized spacial score (nSPS) is 18.3. The van der Waals surface area contributed by atoms with Crippen molar-refractivity contribution in [2.75, 3.05) is 7.05 Å². The Hall–Kier alpha value is -3.90. The van der Waals surface area contributed by atoms with Crippen molar-refractivity contribution in [2.45, 2.75) is 17.7 Å². The molecule has 0 saturated heterocycles. The number of aliphatic imine (C=N–C) groups is 1. The number of amides is 1. The van der Waals surface area contributed by atoms with Crippen LogP contribution in [0.3, 0.4) is 0 Å². The van der Waals surface area contributed by atoms with Gasteiger partial charge >= 0.3 is 6.36 Å². The Bertz CT molecular complexity index is 1460. The second kappa shape index (κ2) is 8.95. The molecule has 1 aliphatic rings. The van der Waals surface area contributed by atoms with Crippen LogP contribution in [-0.4, -0.2) is 43.1 Å². The minimum atomic E-state index is -4.85. The van der Waals surface area contributed by atoms with E-state index >= 15 is 0 Å². The molecule has 2 N–H and O–H groups in total. The van der Waals surface area contributed by atoms with Crippen LogP contribution in [-0.2, 0) is 26.2 Å². The van der Waals surface area contributed by atoms with E-state index in [1.165, 1.54) is 54.4 Å². The van der Waals surface area contributed by atoms with E-state index in [-0.39, 0.29) is 11.5 Å². The number of nitrogens with two attached hydrogens (primary N) is 1. The number of rotatable bonds is 6. The van der Waals surface area contributed by atoms with Crippen molar-refractivity contribution in [3.8, 4) is 16.9 Å². The predicted octanol–water partition coefficient (Wildman–Crippen LogP) is 3.33. The molecule has 188 valence electrons. The molecule has 36 heavy (non-hydrogen) atoms. The van der Waals surface area contributed by atoms with E-state index in [2.05, 4.69) is 9.73 Å². The summed E-state index contributed by atoms with van der Waals surface area (Å²) in [6.07, 6.45) is -4.85. The number of nitrogens with zero attached hydrogens (tertiary/aromatic N) is 2. The van der Waals surface area contributed by atoms with E-state index in [9.17, 15) is 30.9 Å². The van der Waals surface area contributed by atoms with Gasteiger partial charge in [0.1, 0.15) is 5.75 Å². The molecular weight excluding hydrogens is 499 g/mol. The van der Waals surface area contributed by atoms with Gasteiger partial charge < -0.3 is 15.0 Å². The first-order valence-corrected chi connectivity index (χ1v) is 12.0. The van der Waals surface area contributed by atoms with Crippen LogP contribution < -0.4 is 10.5 Å². The first kappa shape index (κ1) is 25.2. The summed E-state index contributed by atoms with van der Waals surface area (Å²) in [4.78, 5) is 19.1. The average molecular weight is 518 g/mol. The summed E-state index contributed by atoms with van der Waals surface area (Å²) in [6.45, 7) is 0. The highest BCUT2D eigenvalue weighted by Crippen LogP contribution is 2.41. The van der Waals surface area contributed by atoms with Crippen molar-refractivity contribution >= 4 is 22.0 Å². The summed E-state index contributed by atoms with van der Waals surface area (Å²) in [5.74, 6) is -1.67. The topological polar surface area (TPSA) is 125 Å². The quantitative estimate of drug-likeness (QED) is 0.499. The lowest BCUT2D eigenvalue weighted by Gasteiger charge is -2.27. The van der Waals surface area contributed by atoms with E-state index in [0.717, 1.165) is 0 Å². The Balaban J connectivity index is 1.81. The van der Waals surface area contributed by atoms with E-state index < -0.39 is 39.4 Å². The zero-order valence-electron chi connectivity index (χ0n) is 18.7. The molecule has 1 heterocycles. The third-order valence-electron chi connectivity index (χ3n) is 5.64. The zero-order valence-corrected chi connectivity index (χ0v) is 19.5. The third kappa shape index (κ3) is 5.04. The molecule has 0 radical (unpaired) electrons. The number of carbonyl (C=O) groups is 1. The van der Waals surface area contributed by atoms with Gasteiger partial charge in [0.05, 0.1) is 15.9 Å². The Morgan fingerprint density at radius 2 is 1.61 bits per heavy atom. The molecule has 0 aliphatic carbocycles. The molecule has 1 atom stereocenters. The van der Waals surface area contributed by atoms with Crippen molar-refractivity contribution < 1.29 is 35.7 Å². The van der Waals surface area contributed by atoms with Crippen LogP contribution in [0.15, 0.2) is 77.8 Å². The van der Waals surface area contributed by atoms with Crippen LogP contribution >= 0.6 is 0 Å². The number of likely N-dealkylation sites (N-methyl/N-ethyl adjacent to an activating group) is 1. The fourth-order valence-corrected chi connectivity index (χ4v) is 4.63. The molecule has 1 aliphatic heterocycles. The maximum atomic E-state index is 13.5. The third-order valence-corrected chi connectivity index (χ3v) is 6.32. The minimum Gasteiger partial charge on any atom is -0.748 e. The number of guanidine groups is 1. The number of halogens is 3. The van der Waals surface area contributed by atoms with Gasteiger partial charge in [0, 0.05) is 7.05 Å². The van der Waals surface area contributed by atoms with Crippen LogP contribution in [0, 0.1) is 0 Å². The smallest absolute Gasteiger partial charge is 0.573 e. The fraction of sp³-hybridized carbons (Fsp3) is 0.167. The molecule has 0 fully saturated rings. The van der Waals surface area contributed by atoms with Gasteiger partial charge in [-0.1, -0.05) is 54.6 Å². The fourth-order valence-electron chi connectivity index (χ4n) is 4.03. The van der Waals surface area contributed by atoms with Crippen molar-refractivity contribution in [1.29, 1.82) is 0 Å². The molecule has 0 bridgehead atoms. The lowest BCUT2D eigenvalue weighted by atomic mass is 9.81. The molecule has 12 heteroatoms. The average Bonchev–Trinajstić information content (AvgIpc) is 3.02. The molecular formula is C24H19F3N3O5S-. The summed E-state index contributed by atoms with van der Waals surface area (Å²) in [5.41, 5.74) is 6.20. The van der Waals surface area contributed by atoms with Crippen molar-refractivity contribution in [2.24, 2.45) is 10.7 Å². The summed E-state index contributed by atoms with van der Waals surface area (Å²) in [7, 11) is -3.06. The molecule has 3 aromatic carbocycles. The van der Waals surface area contributed by atoms with Gasteiger partial charge in [-0.15, -0.1) is 13.2 Å². The lowest BCUT2D eigenvalue weighted by molar-refractivity contribution is -0.274. The molecule has 0 aromatic heterocycles. The number of ether oxygens (including phenoxy) is 1. The molecule has 1 unspecified atom stereocenters. The Labute approximate surface area is 204 Å². The minimum absolute atomic E-state index is 0.0582. The van der Waals surface area contributed by atoms with Crippen LogP contribution in [0.5, 0.6) is 5.75 Å². The molecule has 8 nitrogen and oxygen atoms in total. The van der Waals surface area contributed by atoms with Crippen LogP contribution in [0.4, 0.5) is 13.2 Å². The molecule has 0 spiro atoms. The van der Waals surface area contributed by atoms with Crippen molar-refractivity contribution in [3.63, 3.8) is 0 Å². The highest BCUT2D eigenvalue weighted by atomic mass is 32.2. The van der Waals surface area contributed by atoms with Crippen LogP contribution in [0.2, 0.25) is 0 Å². The lowest BCUT2D eigenvalue weighted by Crippen LogP contribution is -2.41. The summed E-state index contributed by atoms with van der Waals surface area (Å²) in [6, 6.07) is 17.7. The molecule has 3 aromatic rings. The van der Waals surface area contributed by atoms with Gasteiger partial charge in [0.15, 0.2) is 11.5 Å². The maximum Gasteiger partial charge on any atom is 0.573 e. The van der Waals surface area contributed by atoms with Crippen molar-refractivity contribution in [3.05, 3.63) is 89.5 Å². The standard InChI is InChI=1S/C24H20F3N3O5S/c1-30-21(31)23(29-22(30)28,18-10-8-15(9-11-18)14-36(32,33)34)19-6-2-4-16(12-19)17-5-3-7-20(13-17)35-24(25,26)27/h2-13H,14H2,1H3,(H2,28,29)(H,32,33,34)/p-1. The van der Waals surface area contributed by atoms with Crippen LogP contribution in [0.1, 0.15) is 16.7 Å². The van der Waals surface area contributed by atoms with Gasteiger partial charge in [0.2, 0.25) is 0 Å². The zero-order chi connectivity index (χ0) is 26.3. The summed E-state index contributed by atoms with van der Waals surface area (Å²) < 4.78 is 75.4. The van der Waals surface area contributed by atoms with Gasteiger partial charge in [-0.3, -0.25) is 9.69 Å². The Morgan fingerprint density at radius 1 is 1.00 bits per heavy atom. The monoisotopic (exact) mass is 518 g/mol. The summed E-state index contributed by atoms with van der Waals surface area (Å²) in [5, 5.41) is 0. The highest BCUT2D eigenvalue weighted by Gasteiger charge is 2.49. The van der Waals surface area contributed by atoms with E-state index in [0.29, 0.717) is 22.3 Å². The number of carbonyl (C=O) groups excluding carboxylic acids is 1. The SMILES string of the molecule is CN1C(=O)C(c2ccc(CS(=O)(=O)[O-])cc2)(c2cccc(-c3cccc(OC(F)(F)F)c3)c2)N=C1N. The number of alkyl halides is 3. The first-order chi connectivity index (χ1) is 16.8. The van der Waals surface area contributed by atoms with E-state index in [1.54, 1.807) is 30.3 Å². The maximum absolute atomic E-state index is 13.5. The van der Waals surface area contributed by atoms with Crippen LogP contribution in [0.25, 0.3) is 11.1 Å². The second-order valence-electron chi connectivity index (χ2n) is 8.10. The largest absolute Gasteiger partial charge is 0.748 e. The van der Waals surface area contributed by atoms with E-state index in [1.807, 2.05) is 0 Å². The van der Waals surface area contributed by atoms with Gasteiger partial charge in [-0.25, -0.2) is 13.4 Å². The van der Waals surface area contributed by atoms with Gasteiger partial charge in [-0.05, 0) is 46.0 Å². The highest BCUT2D eigenvalue weighted by molar-refractivity contribution is 7.84. The summed E-state index contributed by atoms with van der Waals surface area (Å²) >= 11 is 0. The number of hydrogen-bond donors (Lipinski definition) is 1. The predicted molar refractivity (Wildman–Crippen MR) is 124 cm³/mol. The van der Waals surface area contributed by atoms with Crippen molar-refractivity contribution in [1.82, 2.24) is 4.90 Å². The van der Waals surface area contributed by atoms with Gasteiger partial charge in [-0.2, -0.15) is 0 Å².